The molecule has 2 aromatic heterocycles. The number of aryl methyl sites for hydroxylation is 1. The number of para-hydroxylation sites is 1. The van der Waals surface area contributed by atoms with Gasteiger partial charge in [-0.1, -0.05) is 12.1 Å². The quantitative estimate of drug-likeness (QED) is 0.747. The summed E-state index contributed by atoms with van der Waals surface area (Å²) in [5, 5.41) is 0. The van der Waals surface area contributed by atoms with E-state index in [-0.39, 0.29) is 23.1 Å². The Morgan fingerprint density at radius 2 is 2.24 bits per heavy atom. The van der Waals surface area contributed by atoms with E-state index in [0.717, 1.165) is 41.5 Å². The van der Waals surface area contributed by atoms with Crippen molar-refractivity contribution in [1.29, 1.82) is 0 Å². The molecule has 1 fully saturated rings. The van der Waals surface area contributed by atoms with Crippen molar-refractivity contribution in [3.8, 4) is 0 Å². The van der Waals surface area contributed by atoms with Crippen molar-refractivity contribution in [2.24, 2.45) is 0 Å². The van der Waals surface area contributed by atoms with E-state index in [0.29, 0.717) is 13.1 Å². The normalized spacial score (nSPS) is 17.8. The molecule has 1 saturated heterocycles. The van der Waals surface area contributed by atoms with Crippen molar-refractivity contribution >= 4 is 16.9 Å². The van der Waals surface area contributed by atoms with Crippen LogP contribution in [0.15, 0.2) is 35.4 Å². The first-order chi connectivity index (χ1) is 12.1. The summed E-state index contributed by atoms with van der Waals surface area (Å²) in [6, 6.07) is 6.08. The summed E-state index contributed by atoms with van der Waals surface area (Å²) in [6.45, 7) is 3.33. The third-order valence-electron chi connectivity index (χ3n) is 4.72. The van der Waals surface area contributed by atoms with Gasteiger partial charge in [-0.15, -0.1) is 0 Å². The van der Waals surface area contributed by atoms with Crippen LogP contribution in [0, 0.1) is 6.92 Å². The number of benzene rings is 1. The number of carbonyl (C=O) groups excluding carboxylic acids is 1. The van der Waals surface area contributed by atoms with Gasteiger partial charge in [0, 0.05) is 25.2 Å². The number of H-pyrrole nitrogens is 2. The molecule has 128 valence electrons. The van der Waals surface area contributed by atoms with Gasteiger partial charge in [0.1, 0.15) is 11.5 Å². The highest BCUT2D eigenvalue weighted by molar-refractivity contribution is 5.92. The first kappa shape index (κ1) is 15.6. The molecule has 3 aromatic rings. The standard InChI is InChI=1S/C18H19N5O2/c1-11-4-2-6-13-16(11)22-17(21-13)12-5-3-7-23(10-12)18(25)14-8-20-15(24)9-19-14/h2,4,6,8-9,12H,3,5,7,10H2,1H3,(H,20,24)(H,21,22)/t12-/m1/s1. The number of fused-ring (bicyclic) bond motifs is 1. The Morgan fingerprint density at radius 3 is 3.00 bits per heavy atom. The minimum atomic E-state index is -0.314. The molecular weight excluding hydrogens is 318 g/mol. The van der Waals surface area contributed by atoms with Gasteiger partial charge in [0.25, 0.3) is 11.5 Å². The lowest BCUT2D eigenvalue weighted by Gasteiger charge is -2.31. The van der Waals surface area contributed by atoms with E-state index in [9.17, 15) is 9.59 Å². The second-order valence-corrected chi connectivity index (χ2v) is 6.48. The van der Waals surface area contributed by atoms with E-state index in [1.54, 1.807) is 4.90 Å². The predicted octanol–water partition coefficient (Wildman–Crippen LogP) is 1.97. The van der Waals surface area contributed by atoms with Crippen molar-refractivity contribution in [1.82, 2.24) is 24.8 Å². The Morgan fingerprint density at radius 1 is 1.36 bits per heavy atom. The monoisotopic (exact) mass is 337 g/mol. The fraction of sp³-hybridized carbons (Fsp3) is 0.333. The zero-order valence-electron chi connectivity index (χ0n) is 14.0. The summed E-state index contributed by atoms with van der Waals surface area (Å²) in [6.07, 6.45) is 4.41. The van der Waals surface area contributed by atoms with Crippen LogP contribution < -0.4 is 5.56 Å². The Balaban J connectivity index is 1.57. The van der Waals surface area contributed by atoms with Crippen LogP contribution in [-0.2, 0) is 0 Å². The molecule has 7 heteroatoms. The summed E-state index contributed by atoms with van der Waals surface area (Å²) in [7, 11) is 0. The van der Waals surface area contributed by atoms with Gasteiger partial charge in [-0.3, -0.25) is 9.59 Å². The predicted molar refractivity (Wildman–Crippen MR) is 93.6 cm³/mol. The van der Waals surface area contributed by atoms with Gasteiger partial charge < -0.3 is 14.9 Å². The minimum absolute atomic E-state index is 0.159. The number of likely N-dealkylation sites (tertiary alicyclic amines) is 1. The van der Waals surface area contributed by atoms with E-state index in [1.807, 2.05) is 25.1 Å². The maximum atomic E-state index is 12.6. The van der Waals surface area contributed by atoms with E-state index in [1.165, 1.54) is 6.20 Å². The molecule has 7 nitrogen and oxygen atoms in total. The van der Waals surface area contributed by atoms with Crippen LogP contribution in [0.2, 0.25) is 0 Å². The number of nitrogens with zero attached hydrogens (tertiary/aromatic N) is 3. The van der Waals surface area contributed by atoms with Crippen LogP contribution in [0.4, 0.5) is 0 Å². The van der Waals surface area contributed by atoms with Gasteiger partial charge in [-0.25, -0.2) is 9.97 Å². The molecule has 1 aromatic carbocycles. The second kappa shape index (κ2) is 6.16. The molecule has 0 aliphatic carbocycles. The van der Waals surface area contributed by atoms with Crippen LogP contribution in [0.3, 0.4) is 0 Å². The lowest BCUT2D eigenvalue weighted by Crippen LogP contribution is -2.40. The van der Waals surface area contributed by atoms with Gasteiger partial charge in [0.15, 0.2) is 0 Å². The van der Waals surface area contributed by atoms with Crippen LogP contribution in [0.25, 0.3) is 11.0 Å². The van der Waals surface area contributed by atoms with Crippen molar-refractivity contribution in [3.05, 3.63) is 58.0 Å². The summed E-state index contributed by atoms with van der Waals surface area (Å²) >= 11 is 0. The molecule has 25 heavy (non-hydrogen) atoms. The fourth-order valence-corrected chi connectivity index (χ4v) is 3.39. The largest absolute Gasteiger partial charge is 0.342 e. The Bertz CT molecular complexity index is 970. The molecule has 2 N–H and O–H groups in total. The fourth-order valence-electron chi connectivity index (χ4n) is 3.39. The maximum absolute atomic E-state index is 12.6. The van der Waals surface area contributed by atoms with Gasteiger partial charge in [0.2, 0.25) is 0 Å². The van der Waals surface area contributed by atoms with Crippen molar-refractivity contribution in [2.75, 3.05) is 13.1 Å². The zero-order valence-corrected chi connectivity index (χ0v) is 14.0. The van der Waals surface area contributed by atoms with Crippen molar-refractivity contribution in [2.45, 2.75) is 25.7 Å². The van der Waals surface area contributed by atoms with E-state index < -0.39 is 0 Å². The number of aromatic amines is 2. The average Bonchev–Trinajstić information content (AvgIpc) is 3.08. The minimum Gasteiger partial charge on any atom is -0.342 e. The molecule has 0 unspecified atom stereocenters. The molecule has 0 spiro atoms. The number of amides is 1. The number of rotatable bonds is 2. The van der Waals surface area contributed by atoms with Gasteiger partial charge >= 0.3 is 0 Å². The number of carbonyl (C=O) groups is 1. The zero-order chi connectivity index (χ0) is 17.4. The van der Waals surface area contributed by atoms with E-state index in [4.69, 9.17) is 4.98 Å². The van der Waals surface area contributed by atoms with Crippen LogP contribution in [0.1, 0.15) is 40.6 Å². The molecule has 1 aliphatic rings. The number of imidazole rings is 1. The highest BCUT2D eigenvalue weighted by Crippen LogP contribution is 2.28. The molecular formula is C18H19N5O2. The van der Waals surface area contributed by atoms with Gasteiger partial charge in [-0.05, 0) is 31.4 Å². The van der Waals surface area contributed by atoms with Crippen molar-refractivity contribution < 1.29 is 4.79 Å². The number of hydrogen-bond acceptors (Lipinski definition) is 4. The molecule has 4 rings (SSSR count). The average molecular weight is 337 g/mol. The van der Waals surface area contributed by atoms with Gasteiger partial charge in [0.05, 0.1) is 17.2 Å². The summed E-state index contributed by atoms with van der Waals surface area (Å²) in [4.78, 5) is 40.1. The third-order valence-corrected chi connectivity index (χ3v) is 4.72. The summed E-state index contributed by atoms with van der Waals surface area (Å²) < 4.78 is 0. The highest BCUT2D eigenvalue weighted by atomic mass is 16.2. The first-order valence-electron chi connectivity index (χ1n) is 8.41. The smallest absolute Gasteiger partial charge is 0.273 e. The SMILES string of the molecule is Cc1cccc2[nH]c([C@@H]3CCCN(C(=O)c4c[nH]c(=O)cn4)C3)nc12. The van der Waals surface area contributed by atoms with Crippen LogP contribution in [0.5, 0.6) is 0 Å². The number of piperidine rings is 1. The molecule has 1 amide bonds. The van der Waals surface area contributed by atoms with Crippen molar-refractivity contribution in [3.63, 3.8) is 0 Å². The lowest BCUT2D eigenvalue weighted by molar-refractivity contribution is 0.0698. The van der Waals surface area contributed by atoms with E-state index in [2.05, 4.69) is 15.0 Å². The van der Waals surface area contributed by atoms with Gasteiger partial charge in [-0.2, -0.15) is 0 Å². The molecule has 0 saturated carbocycles. The summed E-state index contributed by atoms with van der Waals surface area (Å²) in [5.41, 5.74) is 3.11. The third kappa shape index (κ3) is 2.93. The molecule has 0 bridgehead atoms. The molecule has 1 aliphatic heterocycles. The summed E-state index contributed by atoms with van der Waals surface area (Å²) in [5.74, 6) is 0.941. The second-order valence-electron chi connectivity index (χ2n) is 6.48. The Hall–Kier alpha value is -2.96. The number of hydrogen-bond donors (Lipinski definition) is 2. The Labute approximate surface area is 144 Å². The van der Waals surface area contributed by atoms with E-state index >= 15 is 0 Å². The number of aromatic nitrogens is 4. The first-order valence-corrected chi connectivity index (χ1v) is 8.41. The molecule has 3 heterocycles. The molecule has 0 radical (unpaired) electrons. The lowest BCUT2D eigenvalue weighted by atomic mass is 9.97. The van der Waals surface area contributed by atoms with Crippen LogP contribution in [-0.4, -0.2) is 43.8 Å². The maximum Gasteiger partial charge on any atom is 0.273 e. The topological polar surface area (TPSA) is 94.7 Å². The molecule has 1 atom stereocenters. The number of nitrogens with one attached hydrogen (secondary N) is 2. The van der Waals surface area contributed by atoms with Crippen LogP contribution >= 0.6 is 0 Å². The Kier molecular flexibility index (Phi) is 3.83. The highest BCUT2D eigenvalue weighted by Gasteiger charge is 2.28.